The van der Waals surface area contributed by atoms with Crippen molar-refractivity contribution in [2.75, 3.05) is 0 Å². The average Bonchev–Trinajstić information content (AvgIpc) is 2.65. The van der Waals surface area contributed by atoms with E-state index in [0.29, 0.717) is 5.02 Å². The molecule has 0 aliphatic heterocycles. The van der Waals surface area contributed by atoms with Crippen LogP contribution in [0.1, 0.15) is 16.7 Å². The molecule has 10 heteroatoms. The van der Waals surface area contributed by atoms with Crippen molar-refractivity contribution in [3.63, 3.8) is 0 Å². The van der Waals surface area contributed by atoms with Crippen molar-refractivity contribution in [1.82, 2.24) is 0 Å². The van der Waals surface area contributed by atoms with Crippen molar-refractivity contribution >= 4 is 56.5 Å². The molecule has 0 amide bonds. The molecular formula is C19H12Cl4O5S. The average molecular weight is 494 g/mol. The second-order valence-corrected chi connectivity index (χ2v) is 9.25. The van der Waals surface area contributed by atoms with Crippen LogP contribution in [0.2, 0.25) is 20.1 Å². The first-order valence-corrected chi connectivity index (χ1v) is 10.8. The van der Waals surface area contributed by atoms with Crippen molar-refractivity contribution in [3.05, 3.63) is 91.4 Å². The topological polar surface area (TPSA) is 94.8 Å². The lowest BCUT2D eigenvalue weighted by atomic mass is 9.83. The van der Waals surface area contributed by atoms with E-state index in [9.17, 15) is 23.2 Å². The van der Waals surface area contributed by atoms with Crippen LogP contribution >= 0.6 is 46.4 Å². The summed E-state index contributed by atoms with van der Waals surface area (Å²) in [6.07, 6.45) is 0. The number of phenols is 2. The molecule has 0 heterocycles. The first-order chi connectivity index (χ1) is 13.5. The molecular weight excluding hydrogens is 482 g/mol. The van der Waals surface area contributed by atoms with Gasteiger partial charge in [-0.2, -0.15) is 8.42 Å². The van der Waals surface area contributed by atoms with Crippen LogP contribution in [-0.2, 0) is 14.9 Å². The Labute approximate surface area is 186 Å². The summed E-state index contributed by atoms with van der Waals surface area (Å²) in [7, 11) is -5.05. The van der Waals surface area contributed by atoms with Gasteiger partial charge >= 0.3 is 0 Å². The van der Waals surface area contributed by atoms with Gasteiger partial charge < -0.3 is 10.2 Å². The molecule has 0 aliphatic rings. The van der Waals surface area contributed by atoms with E-state index in [1.54, 1.807) is 0 Å². The largest absolute Gasteiger partial charge is 0.508 e. The van der Waals surface area contributed by atoms with E-state index in [-0.39, 0.29) is 43.3 Å². The number of hydrogen-bond acceptors (Lipinski definition) is 4. The lowest BCUT2D eigenvalue weighted by Gasteiger charge is -2.34. The third-order valence-corrected chi connectivity index (χ3v) is 7.31. The zero-order chi connectivity index (χ0) is 21.6. The Kier molecular flexibility index (Phi) is 5.98. The van der Waals surface area contributed by atoms with Gasteiger partial charge in [0.15, 0.2) is 4.75 Å². The summed E-state index contributed by atoms with van der Waals surface area (Å²) in [5.41, 5.74) is -0.326. The van der Waals surface area contributed by atoms with Gasteiger partial charge in [-0.15, -0.1) is 0 Å². The fraction of sp³-hybridized carbons (Fsp3) is 0.0526. The van der Waals surface area contributed by atoms with Crippen LogP contribution in [0.5, 0.6) is 11.5 Å². The van der Waals surface area contributed by atoms with Crippen LogP contribution in [0.15, 0.2) is 54.6 Å². The molecule has 0 radical (unpaired) electrons. The van der Waals surface area contributed by atoms with E-state index in [2.05, 4.69) is 0 Å². The summed E-state index contributed by atoms with van der Waals surface area (Å²) in [6, 6.07) is 11.5. The number of halogens is 4. The van der Waals surface area contributed by atoms with Gasteiger partial charge in [-0.25, -0.2) is 0 Å². The maximum absolute atomic E-state index is 13.0. The zero-order valence-electron chi connectivity index (χ0n) is 14.3. The van der Waals surface area contributed by atoms with E-state index in [1.165, 1.54) is 42.5 Å². The fourth-order valence-corrected chi connectivity index (χ4v) is 5.45. The second-order valence-electron chi connectivity index (χ2n) is 6.09. The Morgan fingerprint density at radius 3 is 1.97 bits per heavy atom. The van der Waals surface area contributed by atoms with Crippen LogP contribution < -0.4 is 0 Å². The number of aromatic hydroxyl groups is 2. The molecule has 3 N–H and O–H groups in total. The zero-order valence-corrected chi connectivity index (χ0v) is 18.1. The van der Waals surface area contributed by atoms with Crippen molar-refractivity contribution < 1.29 is 23.2 Å². The molecule has 5 nitrogen and oxygen atoms in total. The molecule has 3 rings (SSSR count). The van der Waals surface area contributed by atoms with Gasteiger partial charge in [-0.1, -0.05) is 64.6 Å². The number of phenolic OH excluding ortho intramolecular Hbond substituents is 2. The third-order valence-electron chi connectivity index (χ3n) is 4.41. The SMILES string of the molecule is O=S(=O)(O)C(c1ccc(Cl)cc1)(c1cc(O)ccc1Cl)c1ccc(O)c(Cl)c1Cl. The monoisotopic (exact) mass is 492 g/mol. The quantitative estimate of drug-likeness (QED) is 0.311. The first kappa shape index (κ1) is 22.0. The van der Waals surface area contributed by atoms with Gasteiger partial charge in [0, 0.05) is 21.2 Å². The minimum atomic E-state index is -5.05. The Morgan fingerprint density at radius 1 is 0.759 bits per heavy atom. The molecule has 3 aromatic carbocycles. The Hall–Kier alpha value is -1.67. The van der Waals surface area contributed by atoms with Gasteiger partial charge in [0.1, 0.15) is 16.5 Å². The highest BCUT2D eigenvalue weighted by atomic mass is 35.5. The van der Waals surface area contributed by atoms with Gasteiger partial charge in [-0.3, -0.25) is 4.55 Å². The lowest BCUT2D eigenvalue weighted by Crippen LogP contribution is -2.38. The van der Waals surface area contributed by atoms with Gasteiger partial charge in [0.25, 0.3) is 10.1 Å². The van der Waals surface area contributed by atoms with Gasteiger partial charge in [0.05, 0.1) is 5.02 Å². The molecule has 29 heavy (non-hydrogen) atoms. The molecule has 0 fully saturated rings. The molecule has 1 unspecified atom stereocenters. The highest BCUT2D eigenvalue weighted by molar-refractivity contribution is 7.87. The van der Waals surface area contributed by atoms with Crippen molar-refractivity contribution in [2.45, 2.75) is 4.75 Å². The van der Waals surface area contributed by atoms with Gasteiger partial charge in [-0.05, 0) is 42.0 Å². The van der Waals surface area contributed by atoms with E-state index in [1.807, 2.05) is 0 Å². The van der Waals surface area contributed by atoms with E-state index < -0.39 is 14.9 Å². The summed E-state index contributed by atoms with van der Waals surface area (Å²) in [4.78, 5) is 0. The smallest absolute Gasteiger partial charge is 0.283 e. The summed E-state index contributed by atoms with van der Waals surface area (Å²) in [5.74, 6) is -0.685. The molecule has 0 spiro atoms. The maximum atomic E-state index is 13.0. The third kappa shape index (κ3) is 3.65. The predicted molar refractivity (Wildman–Crippen MR) is 114 cm³/mol. The lowest BCUT2D eigenvalue weighted by molar-refractivity contribution is 0.455. The van der Waals surface area contributed by atoms with Crippen LogP contribution in [0.3, 0.4) is 0 Å². The summed E-state index contributed by atoms with van der Waals surface area (Å²) in [5, 5.41) is 19.5. The summed E-state index contributed by atoms with van der Waals surface area (Å²) < 4.78 is 34.0. The first-order valence-electron chi connectivity index (χ1n) is 7.89. The second kappa shape index (κ2) is 7.87. The Balaban J connectivity index is 2.61. The van der Waals surface area contributed by atoms with Gasteiger partial charge in [0.2, 0.25) is 0 Å². The van der Waals surface area contributed by atoms with Crippen LogP contribution in [-0.4, -0.2) is 23.2 Å². The highest BCUT2D eigenvalue weighted by Crippen LogP contribution is 2.51. The molecule has 3 aromatic rings. The maximum Gasteiger partial charge on any atom is 0.283 e. The van der Waals surface area contributed by atoms with Crippen molar-refractivity contribution in [2.24, 2.45) is 0 Å². The van der Waals surface area contributed by atoms with Crippen molar-refractivity contribution in [1.29, 1.82) is 0 Å². The fourth-order valence-electron chi connectivity index (χ4n) is 3.16. The number of hydrogen-bond donors (Lipinski definition) is 3. The number of benzene rings is 3. The number of rotatable bonds is 4. The molecule has 0 saturated carbocycles. The summed E-state index contributed by atoms with van der Waals surface area (Å²) in [6.45, 7) is 0. The van der Waals surface area contributed by atoms with Crippen LogP contribution in [0, 0.1) is 0 Å². The predicted octanol–water partition coefficient (Wildman–Crippen LogP) is 5.89. The molecule has 0 aliphatic carbocycles. The normalized spacial score (nSPS) is 13.8. The van der Waals surface area contributed by atoms with Crippen molar-refractivity contribution in [3.8, 4) is 11.5 Å². The molecule has 0 saturated heterocycles. The highest BCUT2D eigenvalue weighted by Gasteiger charge is 2.51. The molecule has 152 valence electrons. The standard InChI is InChI=1S/C19H12Cl4O5S/c20-11-3-1-10(2-4-11)19(29(26,27)28,14-9-12(24)5-7-15(14)21)13-6-8-16(25)18(23)17(13)22/h1-9,24-25H,(H,26,27,28). The minimum Gasteiger partial charge on any atom is -0.508 e. The van der Waals surface area contributed by atoms with Crippen LogP contribution in [0.4, 0.5) is 0 Å². The Bertz CT molecular complexity index is 1200. The molecule has 0 bridgehead atoms. The minimum absolute atomic E-state index is 0.0283. The molecule has 0 aromatic heterocycles. The molecule has 1 atom stereocenters. The van der Waals surface area contributed by atoms with E-state index >= 15 is 0 Å². The van der Waals surface area contributed by atoms with E-state index in [4.69, 9.17) is 46.4 Å². The summed E-state index contributed by atoms with van der Waals surface area (Å²) >= 11 is 24.6. The Morgan fingerprint density at radius 2 is 1.38 bits per heavy atom. The van der Waals surface area contributed by atoms with E-state index in [0.717, 1.165) is 12.1 Å². The van der Waals surface area contributed by atoms with Crippen LogP contribution in [0.25, 0.3) is 0 Å².